The third-order valence-electron chi connectivity index (χ3n) is 11.5. The van der Waals surface area contributed by atoms with E-state index in [2.05, 4.69) is 132 Å². The number of furan rings is 2. The molecule has 54 heavy (non-hydrogen) atoms. The summed E-state index contributed by atoms with van der Waals surface area (Å²) < 4.78 is 29.0. The maximum Gasteiger partial charge on any atom is 0.260 e. The molecule has 0 atom stereocenters. The van der Waals surface area contributed by atoms with Gasteiger partial charge in [-0.15, -0.1) is 0 Å². The summed E-state index contributed by atoms with van der Waals surface area (Å²) in [6.45, 7) is 0.0469. The third kappa shape index (κ3) is 3.64. The number of para-hydroxylation sites is 5. The van der Waals surface area contributed by atoms with Gasteiger partial charge in [0.1, 0.15) is 45.3 Å². The normalized spacial score (nSPS) is 13.1. The van der Waals surface area contributed by atoms with Gasteiger partial charge in [-0.05, 0) is 76.6 Å². The van der Waals surface area contributed by atoms with Crippen LogP contribution in [0.3, 0.4) is 0 Å². The Morgan fingerprint density at radius 1 is 0.426 bits per heavy atom. The Hall–Kier alpha value is -7.18. The van der Waals surface area contributed by atoms with Crippen molar-refractivity contribution in [3.05, 3.63) is 158 Å². The van der Waals surface area contributed by atoms with Crippen LogP contribution >= 0.6 is 0 Å². The van der Waals surface area contributed by atoms with E-state index in [1.165, 1.54) is 0 Å². The molecule has 6 heteroatoms. The first kappa shape index (κ1) is 28.4. The Labute approximate surface area is 308 Å². The van der Waals surface area contributed by atoms with Gasteiger partial charge in [0.2, 0.25) is 0 Å². The Kier molecular flexibility index (Phi) is 5.39. The van der Waals surface area contributed by atoms with Gasteiger partial charge < -0.3 is 22.9 Å². The SMILES string of the molecule is c1ccc2c(c1)Oc1cc(-c3ccc(-n4c5ccccc5c5c6oc7ccccc7c6c6oc7ccccc7c6c54)cc3)cc3c1B2c1ccccc1O3. The van der Waals surface area contributed by atoms with E-state index >= 15 is 0 Å². The monoisotopic (exact) mass is 691 g/mol. The highest BCUT2D eigenvalue weighted by Gasteiger charge is 2.40. The topological polar surface area (TPSA) is 49.7 Å². The maximum absolute atomic E-state index is 6.73. The summed E-state index contributed by atoms with van der Waals surface area (Å²) in [5.74, 6) is 3.42. The molecule has 0 N–H and O–H groups in total. The summed E-state index contributed by atoms with van der Waals surface area (Å²) >= 11 is 0. The largest absolute Gasteiger partial charge is 0.458 e. The Morgan fingerprint density at radius 2 is 0.944 bits per heavy atom. The van der Waals surface area contributed by atoms with Gasteiger partial charge in [-0.25, -0.2) is 0 Å². The number of hydrogen-bond donors (Lipinski definition) is 0. The minimum absolute atomic E-state index is 0.0469. The molecule has 2 aliphatic rings. The van der Waals surface area contributed by atoms with Crippen LogP contribution < -0.4 is 25.9 Å². The molecule has 0 saturated carbocycles. The molecule has 0 spiro atoms. The molecule has 0 bridgehead atoms. The van der Waals surface area contributed by atoms with Crippen LogP contribution in [-0.2, 0) is 0 Å². The van der Waals surface area contributed by atoms with Crippen molar-refractivity contribution < 1.29 is 18.3 Å². The first-order valence-corrected chi connectivity index (χ1v) is 18.3. The maximum atomic E-state index is 6.73. The van der Waals surface area contributed by atoms with Crippen LogP contribution in [0.15, 0.2) is 167 Å². The van der Waals surface area contributed by atoms with Gasteiger partial charge >= 0.3 is 0 Å². The summed E-state index contributed by atoms with van der Waals surface area (Å²) in [5, 5.41) is 6.43. The summed E-state index contributed by atoms with van der Waals surface area (Å²) in [4.78, 5) is 0. The molecule has 5 nitrogen and oxygen atoms in total. The minimum Gasteiger partial charge on any atom is -0.458 e. The van der Waals surface area contributed by atoms with Gasteiger partial charge in [0.15, 0.2) is 0 Å². The molecular formula is C48H26BNO4. The van der Waals surface area contributed by atoms with Crippen molar-refractivity contribution in [1.29, 1.82) is 0 Å². The van der Waals surface area contributed by atoms with E-state index in [-0.39, 0.29) is 6.71 Å². The standard InChI is InChI=1S/C48H26BNO4/c1-6-16-35-30(11-1)42-46(43-31-12-2-7-17-36(31)53-48(43)44-32-13-3-8-18-37(32)54-47(42)44)50(35)29-23-21-27(22-24-29)28-25-40-45-41(26-28)52-39-20-10-5-15-34(39)49(45)33-14-4-9-19-38(33)51-40/h1-26H. The van der Waals surface area contributed by atoms with Crippen molar-refractivity contribution in [1.82, 2.24) is 4.57 Å². The van der Waals surface area contributed by atoms with Crippen molar-refractivity contribution in [3.8, 4) is 39.8 Å². The lowest BCUT2D eigenvalue weighted by Crippen LogP contribution is -2.57. The van der Waals surface area contributed by atoms with Crippen LogP contribution in [0, 0.1) is 0 Å². The molecule has 11 aromatic rings. The molecule has 3 aromatic heterocycles. The number of rotatable bonds is 2. The smallest absolute Gasteiger partial charge is 0.260 e. The number of ether oxygens (including phenoxy) is 2. The zero-order chi connectivity index (χ0) is 35.1. The Morgan fingerprint density at radius 3 is 1.59 bits per heavy atom. The molecule has 2 aliphatic heterocycles. The zero-order valence-corrected chi connectivity index (χ0v) is 28.7. The van der Waals surface area contributed by atoms with Crippen molar-refractivity contribution in [3.63, 3.8) is 0 Å². The molecular weight excluding hydrogens is 665 g/mol. The molecule has 0 fully saturated rings. The van der Waals surface area contributed by atoms with Gasteiger partial charge in [0, 0.05) is 27.3 Å². The summed E-state index contributed by atoms with van der Waals surface area (Å²) in [6.07, 6.45) is 0. The predicted molar refractivity (Wildman–Crippen MR) is 218 cm³/mol. The van der Waals surface area contributed by atoms with E-state index in [0.29, 0.717) is 0 Å². The third-order valence-corrected chi connectivity index (χ3v) is 11.5. The molecule has 0 aliphatic carbocycles. The van der Waals surface area contributed by atoms with Crippen molar-refractivity contribution in [2.75, 3.05) is 0 Å². The number of nitrogens with zero attached hydrogens (tertiary/aromatic N) is 1. The van der Waals surface area contributed by atoms with Gasteiger partial charge in [-0.2, -0.15) is 0 Å². The molecule has 0 unspecified atom stereocenters. The molecule has 8 aromatic carbocycles. The lowest BCUT2D eigenvalue weighted by atomic mass is 9.35. The van der Waals surface area contributed by atoms with E-state index in [9.17, 15) is 0 Å². The zero-order valence-electron chi connectivity index (χ0n) is 28.7. The van der Waals surface area contributed by atoms with Crippen LogP contribution in [0.5, 0.6) is 23.0 Å². The van der Waals surface area contributed by atoms with Gasteiger partial charge in [-0.1, -0.05) is 103 Å². The summed E-state index contributed by atoms with van der Waals surface area (Å²) in [7, 11) is 0. The van der Waals surface area contributed by atoms with Crippen LogP contribution in [-0.4, -0.2) is 11.3 Å². The molecule has 250 valence electrons. The highest BCUT2D eigenvalue weighted by Crippen LogP contribution is 2.49. The first-order chi connectivity index (χ1) is 26.8. The van der Waals surface area contributed by atoms with Gasteiger partial charge in [0.25, 0.3) is 6.71 Å². The summed E-state index contributed by atoms with van der Waals surface area (Å²) in [5.41, 5.74) is 12.1. The van der Waals surface area contributed by atoms with Crippen LogP contribution in [0.1, 0.15) is 0 Å². The number of fused-ring (bicyclic) bond motifs is 16. The molecule has 0 radical (unpaired) electrons. The van der Waals surface area contributed by atoms with E-state index in [4.69, 9.17) is 18.3 Å². The van der Waals surface area contributed by atoms with E-state index in [1.54, 1.807) is 0 Å². The van der Waals surface area contributed by atoms with E-state index in [0.717, 1.165) is 122 Å². The van der Waals surface area contributed by atoms with Crippen molar-refractivity contribution >= 4 is 88.8 Å². The first-order valence-electron chi connectivity index (χ1n) is 18.3. The lowest BCUT2D eigenvalue weighted by Gasteiger charge is -2.33. The quantitative estimate of drug-likeness (QED) is 0.169. The average Bonchev–Trinajstić information content (AvgIpc) is 3.90. The second-order valence-electron chi connectivity index (χ2n) is 14.3. The molecule has 13 rings (SSSR count). The highest BCUT2D eigenvalue weighted by molar-refractivity contribution is 6.98. The fourth-order valence-electron chi connectivity index (χ4n) is 9.24. The van der Waals surface area contributed by atoms with Crippen molar-refractivity contribution in [2.45, 2.75) is 0 Å². The highest BCUT2D eigenvalue weighted by atomic mass is 16.5. The minimum atomic E-state index is 0.0469. The average molecular weight is 692 g/mol. The van der Waals surface area contributed by atoms with Crippen LogP contribution in [0.25, 0.3) is 82.5 Å². The molecule has 0 saturated heterocycles. The second kappa shape index (κ2) is 10.2. The van der Waals surface area contributed by atoms with Crippen molar-refractivity contribution in [2.24, 2.45) is 0 Å². The van der Waals surface area contributed by atoms with Gasteiger partial charge in [0.05, 0.1) is 27.2 Å². The van der Waals surface area contributed by atoms with Crippen LogP contribution in [0.4, 0.5) is 0 Å². The number of hydrogen-bond acceptors (Lipinski definition) is 4. The Bertz CT molecular complexity index is 3300. The fraction of sp³-hybridized carbons (Fsp3) is 0. The second-order valence-corrected chi connectivity index (χ2v) is 14.3. The van der Waals surface area contributed by atoms with Crippen LogP contribution in [0.2, 0.25) is 0 Å². The number of aromatic nitrogens is 1. The summed E-state index contributed by atoms with van der Waals surface area (Å²) in [6, 6.07) is 55.0. The lowest BCUT2D eigenvalue weighted by molar-refractivity contribution is 0.465. The van der Waals surface area contributed by atoms with E-state index in [1.807, 2.05) is 30.3 Å². The predicted octanol–water partition coefficient (Wildman–Crippen LogP) is 11.0. The van der Waals surface area contributed by atoms with Gasteiger partial charge in [-0.3, -0.25) is 0 Å². The fourth-order valence-corrected chi connectivity index (χ4v) is 9.24. The molecule has 0 amide bonds. The Balaban J connectivity index is 1.04. The number of benzene rings is 8. The molecule has 5 heterocycles. The van der Waals surface area contributed by atoms with E-state index < -0.39 is 0 Å².